The highest BCUT2D eigenvalue weighted by Crippen LogP contribution is 2.10. The molecule has 88 valence electrons. The lowest BCUT2D eigenvalue weighted by Gasteiger charge is -2.15. The van der Waals surface area contributed by atoms with Gasteiger partial charge in [-0.1, -0.05) is 0 Å². The second-order valence-corrected chi connectivity index (χ2v) is 5.02. The average Bonchev–Trinajstić information content (AvgIpc) is 2.74. The second kappa shape index (κ2) is 5.01. The summed E-state index contributed by atoms with van der Waals surface area (Å²) < 4.78 is 2.21. The van der Waals surface area contributed by atoms with Gasteiger partial charge in [0.05, 0.1) is 4.47 Å². The number of rotatable bonds is 3. The van der Waals surface area contributed by atoms with Crippen LogP contribution in [0.5, 0.6) is 0 Å². The van der Waals surface area contributed by atoms with E-state index < -0.39 is 0 Å². The van der Waals surface area contributed by atoms with Gasteiger partial charge in [-0.2, -0.15) is 0 Å². The van der Waals surface area contributed by atoms with Crippen LogP contribution in [0.2, 0.25) is 0 Å². The third-order valence-corrected chi connectivity index (χ3v) is 3.49. The summed E-state index contributed by atoms with van der Waals surface area (Å²) in [5.74, 6) is 0. The molecule has 0 amide bonds. The first-order valence-corrected chi connectivity index (χ1v) is 6.34. The van der Waals surface area contributed by atoms with Crippen LogP contribution in [-0.4, -0.2) is 29.1 Å². The molecule has 0 bridgehead atoms. The van der Waals surface area contributed by atoms with Gasteiger partial charge in [0.2, 0.25) is 0 Å². The van der Waals surface area contributed by atoms with E-state index in [0.717, 1.165) is 19.6 Å². The molecule has 1 aromatic rings. The van der Waals surface area contributed by atoms with Gasteiger partial charge in [0.1, 0.15) is 0 Å². The summed E-state index contributed by atoms with van der Waals surface area (Å²) in [5.41, 5.74) is 6.32. The second-order valence-electron chi connectivity index (χ2n) is 4.17. The first-order valence-electron chi connectivity index (χ1n) is 5.54. The Kier molecular flexibility index (Phi) is 3.66. The minimum atomic E-state index is -0.00611. The van der Waals surface area contributed by atoms with Crippen molar-refractivity contribution in [2.24, 2.45) is 0 Å². The van der Waals surface area contributed by atoms with Crippen LogP contribution in [0, 0.1) is 0 Å². The number of nitrogens with zero attached hydrogens (tertiary/aromatic N) is 2. The van der Waals surface area contributed by atoms with E-state index in [4.69, 9.17) is 5.73 Å². The molecule has 2 rings (SSSR count). The third-order valence-electron chi connectivity index (χ3n) is 2.92. The molecule has 0 atom stereocenters. The van der Waals surface area contributed by atoms with Gasteiger partial charge in [-0.25, -0.2) is 0 Å². The van der Waals surface area contributed by atoms with Gasteiger partial charge < -0.3 is 15.2 Å². The number of anilines is 1. The van der Waals surface area contributed by atoms with Gasteiger partial charge in [0.25, 0.3) is 5.56 Å². The molecule has 1 saturated heterocycles. The molecule has 0 unspecified atom stereocenters. The highest BCUT2D eigenvalue weighted by Gasteiger charge is 2.11. The van der Waals surface area contributed by atoms with Crippen molar-refractivity contribution in [1.29, 1.82) is 0 Å². The van der Waals surface area contributed by atoms with Crippen LogP contribution in [0.25, 0.3) is 0 Å². The zero-order valence-electron chi connectivity index (χ0n) is 9.16. The normalized spacial score (nSPS) is 16.8. The van der Waals surface area contributed by atoms with E-state index in [2.05, 4.69) is 20.8 Å². The van der Waals surface area contributed by atoms with Gasteiger partial charge in [0, 0.05) is 25.0 Å². The summed E-state index contributed by atoms with van der Waals surface area (Å²) in [7, 11) is 0. The topological polar surface area (TPSA) is 51.3 Å². The first kappa shape index (κ1) is 11.7. The Labute approximate surface area is 103 Å². The van der Waals surface area contributed by atoms with Crippen LogP contribution >= 0.6 is 15.9 Å². The number of hydrogen-bond donors (Lipinski definition) is 1. The van der Waals surface area contributed by atoms with Crippen molar-refractivity contribution in [3.8, 4) is 0 Å². The zero-order valence-corrected chi connectivity index (χ0v) is 10.7. The average molecular weight is 286 g/mol. The van der Waals surface area contributed by atoms with E-state index in [9.17, 15) is 4.79 Å². The summed E-state index contributed by atoms with van der Waals surface area (Å²) in [5, 5.41) is 0. The van der Waals surface area contributed by atoms with E-state index >= 15 is 0 Å². The quantitative estimate of drug-likeness (QED) is 0.911. The van der Waals surface area contributed by atoms with Crippen molar-refractivity contribution in [3.05, 3.63) is 27.1 Å². The Bertz CT molecular complexity index is 424. The van der Waals surface area contributed by atoms with Crippen LogP contribution in [0.3, 0.4) is 0 Å². The van der Waals surface area contributed by atoms with E-state index in [1.165, 1.54) is 12.8 Å². The monoisotopic (exact) mass is 285 g/mol. The Balaban J connectivity index is 2.05. The molecule has 2 N–H and O–H groups in total. The van der Waals surface area contributed by atoms with E-state index in [1.807, 2.05) is 0 Å². The maximum absolute atomic E-state index is 11.8. The standard InChI is InChI=1S/C11H16BrN3O/c12-10-7-9(13)8-15(11(10)16)6-5-14-3-1-2-4-14/h7-8H,1-6,13H2. The highest BCUT2D eigenvalue weighted by atomic mass is 79.9. The zero-order chi connectivity index (χ0) is 11.5. The highest BCUT2D eigenvalue weighted by molar-refractivity contribution is 9.10. The minimum Gasteiger partial charge on any atom is -0.398 e. The number of halogens is 1. The number of aromatic nitrogens is 1. The predicted octanol–water partition coefficient (Wildman–Crippen LogP) is 1.29. The van der Waals surface area contributed by atoms with E-state index in [0.29, 0.717) is 16.7 Å². The predicted molar refractivity (Wildman–Crippen MR) is 68.5 cm³/mol. The lowest BCUT2D eigenvalue weighted by Crippen LogP contribution is -2.29. The van der Waals surface area contributed by atoms with Crippen molar-refractivity contribution in [3.63, 3.8) is 0 Å². The molecular formula is C11H16BrN3O. The molecule has 0 aromatic carbocycles. The van der Waals surface area contributed by atoms with Gasteiger partial charge in [-0.3, -0.25) is 4.79 Å². The summed E-state index contributed by atoms with van der Waals surface area (Å²) in [6.45, 7) is 3.94. The Morgan fingerprint density at radius 3 is 2.69 bits per heavy atom. The van der Waals surface area contributed by atoms with Crippen LogP contribution in [0.15, 0.2) is 21.5 Å². The van der Waals surface area contributed by atoms with E-state index in [1.54, 1.807) is 16.8 Å². The fourth-order valence-electron chi connectivity index (χ4n) is 2.04. The fourth-order valence-corrected chi connectivity index (χ4v) is 2.53. The van der Waals surface area contributed by atoms with Crippen molar-refractivity contribution < 1.29 is 0 Å². The summed E-state index contributed by atoms with van der Waals surface area (Å²) >= 11 is 3.22. The van der Waals surface area contributed by atoms with Crippen LogP contribution in [-0.2, 0) is 6.54 Å². The lowest BCUT2D eigenvalue weighted by atomic mass is 10.4. The number of nitrogens with two attached hydrogens (primary N) is 1. The Morgan fingerprint density at radius 2 is 2.00 bits per heavy atom. The molecule has 0 spiro atoms. The molecule has 5 heteroatoms. The molecule has 1 aliphatic rings. The maximum atomic E-state index is 11.8. The number of nitrogen functional groups attached to an aromatic ring is 1. The smallest absolute Gasteiger partial charge is 0.265 e. The molecule has 2 heterocycles. The molecule has 4 nitrogen and oxygen atoms in total. The summed E-state index contributed by atoms with van der Waals surface area (Å²) in [6.07, 6.45) is 4.26. The fraction of sp³-hybridized carbons (Fsp3) is 0.545. The largest absolute Gasteiger partial charge is 0.398 e. The molecule has 16 heavy (non-hydrogen) atoms. The molecule has 0 radical (unpaired) electrons. The molecule has 0 aliphatic carbocycles. The molecule has 0 saturated carbocycles. The van der Waals surface area contributed by atoms with Crippen molar-refractivity contribution >= 4 is 21.6 Å². The lowest BCUT2D eigenvalue weighted by molar-refractivity contribution is 0.320. The minimum absolute atomic E-state index is 0.00611. The molecule has 1 aromatic heterocycles. The summed E-state index contributed by atoms with van der Waals surface area (Å²) in [6, 6.07) is 1.65. The van der Waals surface area contributed by atoms with E-state index in [-0.39, 0.29) is 5.56 Å². The SMILES string of the molecule is Nc1cc(Br)c(=O)n(CCN2CCCC2)c1. The number of pyridine rings is 1. The first-order chi connectivity index (χ1) is 7.66. The van der Waals surface area contributed by atoms with Gasteiger partial charge in [-0.15, -0.1) is 0 Å². The Hall–Kier alpha value is -0.810. The molecule has 1 aliphatic heterocycles. The maximum Gasteiger partial charge on any atom is 0.265 e. The number of likely N-dealkylation sites (tertiary alicyclic amines) is 1. The number of hydrogen-bond acceptors (Lipinski definition) is 3. The third kappa shape index (κ3) is 2.65. The summed E-state index contributed by atoms with van der Waals surface area (Å²) in [4.78, 5) is 14.1. The van der Waals surface area contributed by atoms with Gasteiger partial charge in [-0.05, 0) is 47.9 Å². The molecular weight excluding hydrogens is 270 g/mol. The Morgan fingerprint density at radius 1 is 1.31 bits per heavy atom. The van der Waals surface area contributed by atoms with Crippen LogP contribution < -0.4 is 11.3 Å². The van der Waals surface area contributed by atoms with Crippen LogP contribution in [0.4, 0.5) is 5.69 Å². The van der Waals surface area contributed by atoms with Crippen molar-refractivity contribution in [1.82, 2.24) is 9.47 Å². The molecule has 1 fully saturated rings. The van der Waals surface area contributed by atoms with Gasteiger partial charge >= 0.3 is 0 Å². The van der Waals surface area contributed by atoms with Gasteiger partial charge in [0.15, 0.2) is 0 Å². The van der Waals surface area contributed by atoms with Crippen molar-refractivity contribution in [2.45, 2.75) is 19.4 Å². The van der Waals surface area contributed by atoms with Crippen LogP contribution in [0.1, 0.15) is 12.8 Å². The van der Waals surface area contributed by atoms with Crippen molar-refractivity contribution in [2.75, 3.05) is 25.4 Å².